The van der Waals surface area contributed by atoms with E-state index in [1.165, 1.54) is 0 Å². The van der Waals surface area contributed by atoms with Gasteiger partial charge in [0, 0.05) is 29.0 Å². The quantitative estimate of drug-likeness (QED) is 0.815. The smallest absolute Gasteiger partial charge is 0.255 e. The van der Waals surface area contributed by atoms with Gasteiger partial charge in [-0.25, -0.2) is 4.98 Å². The maximum absolute atomic E-state index is 10.9. The van der Waals surface area contributed by atoms with Crippen LogP contribution in [0.3, 0.4) is 0 Å². The highest BCUT2D eigenvalue weighted by molar-refractivity contribution is 6.30. The first-order valence-electron chi connectivity index (χ1n) is 6.82. The van der Waals surface area contributed by atoms with Crippen LogP contribution >= 0.6 is 11.6 Å². The summed E-state index contributed by atoms with van der Waals surface area (Å²) in [5, 5.41) is 0.615. The SMILES string of the molecule is Cc1cnc(CN(C)Cc2cc(Cl)ccc2OCC(N)=O)[nH]1. The van der Waals surface area contributed by atoms with Crippen LogP contribution in [-0.2, 0) is 17.9 Å². The van der Waals surface area contributed by atoms with Gasteiger partial charge in [0.25, 0.3) is 5.91 Å². The molecule has 0 aliphatic rings. The van der Waals surface area contributed by atoms with Gasteiger partial charge < -0.3 is 15.5 Å². The number of carbonyl (C=O) groups is 1. The number of nitrogens with one attached hydrogen (secondary N) is 1. The summed E-state index contributed by atoms with van der Waals surface area (Å²) in [6, 6.07) is 5.28. The number of hydrogen-bond acceptors (Lipinski definition) is 4. The Balaban J connectivity index is 2.06. The summed E-state index contributed by atoms with van der Waals surface area (Å²) in [5.41, 5.74) is 7.03. The lowest BCUT2D eigenvalue weighted by Crippen LogP contribution is -2.22. The van der Waals surface area contributed by atoms with Crippen molar-refractivity contribution >= 4 is 17.5 Å². The first-order valence-corrected chi connectivity index (χ1v) is 7.20. The minimum atomic E-state index is -0.514. The molecule has 0 saturated carbocycles. The number of imidazole rings is 1. The van der Waals surface area contributed by atoms with Gasteiger partial charge in [-0.05, 0) is 32.2 Å². The number of rotatable bonds is 7. The predicted octanol–water partition coefficient (Wildman–Crippen LogP) is 1.87. The lowest BCUT2D eigenvalue weighted by atomic mass is 10.2. The maximum Gasteiger partial charge on any atom is 0.255 e. The zero-order valence-electron chi connectivity index (χ0n) is 12.6. The van der Waals surface area contributed by atoms with Crippen molar-refractivity contribution in [3.8, 4) is 5.75 Å². The first-order chi connectivity index (χ1) is 10.4. The van der Waals surface area contributed by atoms with Gasteiger partial charge in [0.05, 0.1) is 6.54 Å². The number of amides is 1. The predicted molar refractivity (Wildman–Crippen MR) is 84.6 cm³/mol. The Morgan fingerprint density at radius 3 is 2.86 bits per heavy atom. The molecule has 1 amide bonds. The topological polar surface area (TPSA) is 84.2 Å². The monoisotopic (exact) mass is 322 g/mol. The molecule has 0 bridgehead atoms. The Labute approximate surface area is 134 Å². The van der Waals surface area contributed by atoms with Crippen molar-refractivity contribution in [1.82, 2.24) is 14.9 Å². The van der Waals surface area contributed by atoms with Gasteiger partial charge in [-0.2, -0.15) is 0 Å². The summed E-state index contributed by atoms with van der Waals surface area (Å²) in [4.78, 5) is 20.4. The Morgan fingerprint density at radius 1 is 1.45 bits per heavy atom. The summed E-state index contributed by atoms with van der Waals surface area (Å²) in [5.74, 6) is 0.979. The minimum absolute atomic E-state index is 0.157. The number of halogens is 1. The van der Waals surface area contributed by atoms with Gasteiger partial charge in [0.1, 0.15) is 11.6 Å². The number of primary amides is 1. The Bertz CT molecular complexity index is 657. The molecule has 0 atom stereocenters. The second-order valence-corrected chi connectivity index (χ2v) is 5.63. The largest absolute Gasteiger partial charge is 0.483 e. The molecule has 2 rings (SSSR count). The van der Waals surface area contributed by atoms with Crippen molar-refractivity contribution in [2.75, 3.05) is 13.7 Å². The van der Waals surface area contributed by atoms with Crippen molar-refractivity contribution in [3.05, 3.63) is 46.5 Å². The summed E-state index contributed by atoms with van der Waals surface area (Å²) in [6.07, 6.45) is 1.80. The second-order valence-electron chi connectivity index (χ2n) is 5.19. The molecule has 7 heteroatoms. The van der Waals surface area contributed by atoms with E-state index in [1.807, 2.05) is 20.0 Å². The van der Waals surface area contributed by atoms with E-state index in [2.05, 4.69) is 14.9 Å². The van der Waals surface area contributed by atoms with Crippen molar-refractivity contribution in [1.29, 1.82) is 0 Å². The number of benzene rings is 1. The number of aromatic nitrogens is 2. The molecule has 0 fully saturated rings. The van der Waals surface area contributed by atoms with Crippen LogP contribution in [0.4, 0.5) is 0 Å². The number of H-pyrrole nitrogens is 1. The van der Waals surface area contributed by atoms with Crippen LogP contribution < -0.4 is 10.5 Å². The van der Waals surface area contributed by atoms with E-state index in [4.69, 9.17) is 22.1 Å². The lowest BCUT2D eigenvalue weighted by Gasteiger charge is -2.18. The third kappa shape index (κ3) is 4.75. The number of ether oxygens (including phenoxy) is 1. The summed E-state index contributed by atoms with van der Waals surface area (Å²) in [6.45, 7) is 3.07. The van der Waals surface area contributed by atoms with Crippen molar-refractivity contribution in [2.45, 2.75) is 20.0 Å². The molecule has 1 aromatic carbocycles. The van der Waals surface area contributed by atoms with Crippen LogP contribution in [-0.4, -0.2) is 34.4 Å². The van der Waals surface area contributed by atoms with Crippen molar-refractivity contribution < 1.29 is 9.53 Å². The fraction of sp³-hybridized carbons (Fsp3) is 0.333. The number of carbonyl (C=O) groups excluding carboxylic acids is 1. The van der Waals surface area contributed by atoms with Gasteiger partial charge in [-0.1, -0.05) is 11.6 Å². The highest BCUT2D eigenvalue weighted by Crippen LogP contribution is 2.24. The van der Waals surface area contributed by atoms with E-state index in [0.29, 0.717) is 23.9 Å². The average molecular weight is 323 g/mol. The van der Waals surface area contributed by atoms with Crippen LogP contribution in [0.5, 0.6) is 5.75 Å². The van der Waals surface area contributed by atoms with E-state index in [-0.39, 0.29) is 6.61 Å². The van der Waals surface area contributed by atoms with Crippen LogP contribution in [0.2, 0.25) is 5.02 Å². The van der Waals surface area contributed by atoms with Crippen molar-refractivity contribution in [3.63, 3.8) is 0 Å². The third-order valence-electron chi connectivity index (χ3n) is 3.01. The molecule has 6 nitrogen and oxygen atoms in total. The molecule has 0 radical (unpaired) electrons. The first kappa shape index (κ1) is 16.3. The molecule has 1 heterocycles. The summed E-state index contributed by atoms with van der Waals surface area (Å²) < 4.78 is 5.43. The molecule has 0 aliphatic heterocycles. The summed E-state index contributed by atoms with van der Waals surface area (Å²) >= 11 is 6.04. The molecule has 0 aliphatic carbocycles. The number of hydrogen-bond donors (Lipinski definition) is 2. The average Bonchev–Trinajstić information content (AvgIpc) is 2.82. The molecule has 3 N–H and O–H groups in total. The molecule has 0 spiro atoms. The normalized spacial score (nSPS) is 10.9. The van der Waals surface area contributed by atoms with Crippen LogP contribution in [0, 0.1) is 6.92 Å². The van der Waals surface area contributed by atoms with Crippen molar-refractivity contribution in [2.24, 2.45) is 5.73 Å². The van der Waals surface area contributed by atoms with Gasteiger partial charge in [-0.15, -0.1) is 0 Å². The van der Waals surface area contributed by atoms with E-state index >= 15 is 0 Å². The molecular weight excluding hydrogens is 304 g/mol. The summed E-state index contributed by atoms with van der Waals surface area (Å²) in [7, 11) is 1.97. The fourth-order valence-corrected chi connectivity index (χ4v) is 2.31. The number of aryl methyl sites for hydroxylation is 1. The number of nitrogens with two attached hydrogens (primary N) is 1. The molecule has 118 valence electrons. The van der Waals surface area contributed by atoms with Crippen LogP contribution in [0.1, 0.15) is 17.1 Å². The van der Waals surface area contributed by atoms with Gasteiger partial charge >= 0.3 is 0 Å². The minimum Gasteiger partial charge on any atom is -0.483 e. The Morgan fingerprint density at radius 2 is 2.23 bits per heavy atom. The molecule has 1 aromatic heterocycles. The zero-order valence-corrected chi connectivity index (χ0v) is 13.4. The maximum atomic E-state index is 10.9. The molecular formula is C15H19ClN4O2. The van der Waals surface area contributed by atoms with Gasteiger partial charge in [-0.3, -0.25) is 9.69 Å². The Kier molecular flexibility index (Phi) is 5.41. The van der Waals surface area contributed by atoms with Gasteiger partial charge in [0.2, 0.25) is 0 Å². The fourth-order valence-electron chi connectivity index (χ4n) is 2.11. The van der Waals surface area contributed by atoms with E-state index in [0.717, 1.165) is 17.1 Å². The molecule has 0 saturated heterocycles. The lowest BCUT2D eigenvalue weighted by molar-refractivity contribution is -0.119. The molecule has 22 heavy (non-hydrogen) atoms. The highest BCUT2D eigenvalue weighted by Gasteiger charge is 2.10. The van der Waals surface area contributed by atoms with E-state index < -0.39 is 5.91 Å². The second kappa shape index (κ2) is 7.29. The van der Waals surface area contributed by atoms with Gasteiger partial charge in [0.15, 0.2) is 6.61 Å². The standard InChI is InChI=1S/C15H19ClN4O2/c1-10-6-18-15(19-10)8-20(2)7-11-5-12(16)3-4-13(11)22-9-14(17)21/h3-6H,7-9H2,1-2H3,(H2,17,21)(H,18,19). The van der Waals surface area contributed by atoms with E-state index in [1.54, 1.807) is 18.3 Å². The van der Waals surface area contributed by atoms with Crippen LogP contribution in [0.15, 0.2) is 24.4 Å². The third-order valence-corrected chi connectivity index (χ3v) is 3.24. The molecule has 2 aromatic rings. The van der Waals surface area contributed by atoms with E-state index in [9.17, 15) is 4.79 Å². The number of nitrogens with zero attached hydrogens (tertiary/aromatic N) is 2. The highest BCUT2D eigenvalue weighted by atomic mass is 35.5. The number of aromatic amines is 1. The Hall–Kier alpha value is -2.05. The zero-order chi connectivity index (χ0) is 16.1. The molecule has 0 unspecified atom stereocenters. The van der Waals surface area contributed by atoms with Crippen LogP contribution in [0.25, 0.3) is 0 Å².